The Morgan fingerprint density at radius 1 is 1.22 bits per heavy atom. The summed E-state index contributed by atoms with van der Waals surface area (Å²) in [6.45, 7) is 4.47. The summed E-state index contributed by atoms with van der Waals surface area (Å²) >= 11 is 6.12. The molecule has 0 aliphatic heterocycles. The van der Waals surface area contributed by atoms with E-state index in [1.54, 1.807) is 26.4 Å². The molecule has 0 unspecified atom stereocenters. The predicted molar refractivity (Wildman–Crippen MR) is 72.7 cm³/mol. The highest BCUT2D eigenvalue weighted by molar-refractivity contribution is 6.31. The average Bonchev–Trinajstić information content (AvgIpc) is 2.35. The highest BCUT2D eigenvalue weighted by Crippen LogP contribution is 2.35. The number of aliphatic hydroxyl groups is 1. The maximum Gasteiger partial charge on any atom is 0.162 e. The van der Waals surface area contributed by atoms with Gasteiger partial charge in [0.15, 0.2) is 11.5 Å². The molecule has 1 aromatic rings. The smallest absolute Gasteiger partial charge is 0.162 e. The molecule has 4 nitrogen and oxygen atoms in total. The van der Waals surface area contributed by atoms with Gasteiger partial charge in [-0.05, 0) is 6.07 Å². The van der Waals surface area contributed by atoms with E-state index in [0.717, 1.165) is 0 Å². The molecule has 0 heterocycles. The Hall–Kier alpha value is -0.970. The maximum absolute atomic E-state index is 10.1. The standard InChI is InChI=1S/C13H20ClNO3/c1-8(2)15-7-11(16)9-5-12(17-3)13(18-4)6-10(9)14/h5-6,8,11,15-16H,7H2,1-4H3/t11-/m0/s1. The van der Waals surface area contributed by atoms with Gasteiger partial charge in [0, 0.05) is 24.2 Å². The Bertz CT molecular complexity index is 396. The van der Waals surface area contributed by atoms with Crippen molar-refractivity contribution in [2.75, 3.05) is 20.8 Å². The largest absolute Gasteiger partial charge is 0.493 e. The molecule has 0 amide bonds. The fraction of sp³-hybridized carbons (Fsp3) is 0.538. The van der Waals surface area contributed by atoms with E-state index in [0.29, 0.717) is 34.7 Å². The number of hydrogen-bond acceptors (Lipinski definition) is 4. The van der Waals surface area contributed by atoms with Crippen LogP contribution >= 0.6 is 11.6 Å². The molecular weight excluding hydrogens is 254 g/mol. The van der Waals surface area contributed by atoms with Gasteiger partial charge in [-0.1, -0.05) is 25.4 Å². The van der Waals surface area contributed by atoms with Crippen LogP contribution < -0.4 is 14.8 Å². The van der Waals surface area contributed by atoms with Crippen molar-refractivity contribution >= 4 is 11.6 Å². The van der Waals surface area contributed by atoms with Crippen molar-refractivity contribution in [3.05, 3.63) is 22.7 Å². The van der Waals surface area contributed by atoms with E-state index in [1.807, 2.05) is 13.8 Å². The molecule has 18 heavy (non-hydrogen) atoms. The van der Waals surface area contributed by atoms with Crippen molar-refractivity contribution in [3.63, 3.8) is 0 Å². The van der Waals surface area contributed by atoms with E-state index < -0.39 is 6.10 Å². The van der Waals surface area contributed by atoms with Gasteiger partial charge in [-0.3, -0.25) is 0 Å². The molecule has 1 atom stereocenters. The summed E-state index contributed by atoms with van der Waals surface area (Å²) in [6, 6.07) is 3.65. The minimum absolute atomic E-state index is 0.304. The van der Waals surface area contributed by atoms with Crippen molar-refractivity contribution in [1.82, 2.24) is 5.32 Å². The van der Waals surface area contributed by atoms with Crippen LogP contribution in [-0.4, -0.2) is 31.9 Å². The lowest BCUT2D eigenvalue weighted by Gasteiger charge is -2.17. The van der Waals surface area contributed by atoms with Gasteiger partial charge in [-0.2, -0.15) is 0 Å². The van der Waals surface area contributed by atoms with Gasteiger partial charge in [-0.15, -0.1) is 0 Å². The molecule has 102 valence electrons. The molecule has 0 bridgehead atoms. The first-order valence-electron chi connectivity index (χ1n) is 5.82. The van der Waals surface area contributed by atoms with Gasteiger partial charge in [0.25, 0.3) is 0 Å². The van der Waals surface area contributed by atoms with Gasteiger partial charge in [0.2, 0.25) is 0 Å². The summed E-state index contributed by atoms with van der Waals surface area (Å²) < 4.78 is 10.3. The van der Waals surface area contributed by atoms with Crippen molar-refractivity contribution in [2.24, 2.45) is 0 Å². The highest BCUT2D eigenvalue weighted by atomic mass is 35.5. The maximum atomic E-state index is 10.1. The SMILES string of the molecule is COc1cc(Cl)c([C@@H](O)CNC(C)C)cc1OC. The first-order chi connectivity index (χ1) is 8.49. The third-order valence-electron chi connectivity index (χ3n) is 2.58. The average molecular weight is 274 g/mol. The van der Waals surface area contributed by atoms with E-state index in [-0.39, 0.29) is 0 Å². The normalized spacial score (nSPS) is 12.6. The van der Waals surface area contributed by atoms with Crippen LogP contribution in [0.25, 0.3) is 0 Å². The first-order valence-corrected chi connectivity index (χ1v) is 6.20. The molecule has 1 rings (SSSR count). The van der Waals surface area contributed by atoms with E-state index in [2.05, 4.69) is 5.32 Å². The summed E-state index contributed by atoms with van der Waals surface area (Å²) in [7, 11) is 3.10. The van der Waals surface area contributed by atoms with E-state index in [1.165, 1.54) is 0 Å². The van der Waals surface area contributed by atoms with Crippen LogP contribution in [0.1, 0.15) is 25.5 Å². The lowest BCUT2D eigenvalue weighted by atomic mass is 10.1. The van der Waals surface area contributed by atoms with Crippen LogP contribution in [0.2, 0.25) is 5.02 Å². The number of methoxy groups -OCH3 is 2. The molecule has 0 fully saturated rings. The lowest BCUT2D eigenvalue weighted by Crippen LogP contribution is -2.28. The zero-order chi connectivity index (χ0) is 13.7. The number of nitrogens with one attached hydrogen (secondary N) is 1. The Labute approximate surface area is 113 Å². The van der Waals surface area contributed by atoms with Crippen LogP contribution in [0, 0.1) is 0 Å². The number of benzene rings is 1. The quantitative estimate of drug-likeness (QED) is 0.836. The van der Waals surface area contributed by atoms with E-state index >= 15 is 0 Å². The number of ether oxygens (including phenoxy) is 2. The van der Waals surface area contributed by atoms with Gasteiger partial charge < -0.3 is 19.9 Å². The van der Waals surface area contributed by atoms with Crippen molar-refractivity contribution < 1.29 is 14.6 Å². The zero-order valence-corrected chi connectivity index (χ0v) is 11.9. The Kier molecular flexibility index (Phi) is 5.72. The second kappa shape index (κ2) is 6.83. The van der Waals surface area contributed by atoms with Gasteiger partial charge in [0.05, 0.1) is 25.3 Å². The molecular formula is C13H20ClNO3. The van der Waals surface area contributed by atoms with Crippen LogP contribution in [0.15, 0.2) is 12.1 Å². The van der Waals surface area contributed by atoms with Crippen molar-refractivity contribution in [2.45, 2.75) is 26.0 Å². The second-order valence-corrected chi connectivity index (χ2v) is 4.71. The third-order valence-corrected chi connectivity index (χ3v) is 2.91. The molecule has 2 N–H and O–H groups in total. The third kappa shape index (κ3) is 3.77. The number of hydrogen-bond donors (Lipinski definition) is 2. The Morgan fingerprint density at radius 3 is 2.28 bits per heavy atom. The molecule has 0 saturated heterocycles. The first kappa shape index (κ1) is 15.1. The Morgan fingerprint density at radius 2 is 1.78 bits per heavy atom. The van der Waals surface area contributed by atoms with E-state index in [4.69, 9.17) is 21.1 Å². The number of halogens is 1. The summed E-state index contributed by atoms with van der Waals surface area (Å²) in [5, 5.41) is 13.7. The minimum Gasteiger partial charge on any atom is -0.493 e. The molecule has 1 aromatic carbocycles. The van der Waals surface area contributed by atoms with E-state index in [9.17, 15) is 5.11 Å². The second-order valence-electron chi connectivity index (χ2n) is 4.31. The summed E-state index contributed by atoms with van der Waals surface area (Å²) in [4.78, 5) is 0. The molecule has 0 aliphatic carbocycles. The van der Waals surface area contributed by atoms with Crippen molar-refractivity contribution in [3.8, 4) is 11.5 Å². The molecule has 5 heteroatoms. The molecule has 0 spiro atoms. The molecule has 0 saturated carbocycles. The van der Waals surface area contributed by atoms with Gasteiger partial charge in [-0.25, -0.2) is 0 Å². The minimum atomic E-state index is -0.681. The van der Waals surface area contributed by atoms with Gasteiger partial charge >= 0.3 is 0 Å². The zero-order valence-electron chi connectivity index (χ0n) is 11.2. The fourth-order valence-electron chi connectivity index (χ4n) is 1.58. The van der Waals surface area contributed by atoms with Crippen LogP contribution in [-0.2, 0) is 0 Å². The fourth-order valence-corrected chi connectivity index (χ4v) is 1.86. The molecule has 0 aliphatic rings. The number of rotatable bonds is 6. The summed E-state index contributed by atoms with van der Waals surface area (Å²) in [5.74, 6) is 1.11. The van der Waals surface area contributed by atoms with Crippen LogP contribution in [0.3, 0.4) is 0 Å². The predicted octanol–water partition coefficient (Wildman–Crippen LogP) is 2.39. The van der Waals surface area contributed by atoms with Crippen LogP contribution in [0.4, 0.5) is 0 Å². The highest BCUT2D eigenvalue weighted by Gasteiger charge is 2.16. The topological polar surface area (TPSA) is 50.7 Å². The van der Waals surface area contributed by atoms with Gasteiger partial charge in [0.1, 0.15) is 0 Å². The summed E-state index contributed by atoms with van der Waals surface area (Å²) in [6.07, 6.45) is -0.681. The lowest BCUT2D eigenvalue weighted by molar-refractivity contribution is 0.171. The number of aliphatic hydroxyl groups excluding tert-OH is 1. The van der Waals surface area contributed by atoms with Crippen molar-refractivity contribution in [1.29, 1.82) is 0 Å². The Balaban J connectivity index is 2.94. The summed E-state index contributed by atoms with van der Waals surface area (Å²) in [5.41, 5.74) is 0.627. The van der Waals surface area contributed by atoms with Crippen LogP contribution in [0.5, 0.6) is 11.5 Å². The monoisotopic (exact) mass is 273 g/mol. The molecule has 0 aromatic heterocycles. The molecule has 0 radical (unpaired) electrons.